The summed E-state index contributed by atoms with van der Waals surface area (Å²) in [5, 5.41) is 7.12. The van der Waals surface area contributed by atoms with Gasteiger partial charge in [-0.2, -0.15) is 13.2 Å². The van der Waals surface area contributed by atoms with Gasteiger partial charge in [-0.3, -0.25) is 4.72 Å². The predicted molar refractivity (Wildman–Crippen MR) is 99.0 cm³/mol. The minimum absolute atomic E-state index is 0.159. The number of hydrogen-bond donors (Lipinski definition) is 2. The van der Waals surface area contributed by atoms with Crippen LogP contribution in [0.2, 0.25) is 0 Å². The van der Waals surface area contributed by atoms with E-state index in [1.165, 1.54) is 0 Å². The molecule has 1 aromatic carbocycles. The molecule has 2 N–H and O–H groups in total. The van der Waals surface area contributed by atoms with Gasteiger partial charge in [-0.05, 0) is 30.7 Å². The molecule has 0 atom stereocenters. The van der Waals surface area contributed by atoms with E-state index in [4.69, 9.17) is 9.90 Å². The third-order valence-electron chi connectivity index (χ3n) is 3.46. The van der Waals surface area contributed by atoms with E-state index < -0.39 is 22.2 Å². The summed E-state index contributed by atoms with van der Waals surface area (Å²) in [5.41, 5.74) is 1.56. The van der Waals surface area contributed by atoms with Crippen LogP contribution in [0.4, 0.5) is 18.9 Å². The quantitative estimate of drug-likeness (QED) is 0.711. The molecular formula is C17H22F3N3O4S. The van der Waals surface area contributed by atoms with Crippen molar-refractivity contribution in [3.05, 3.63) is 42.5 Å². The number of nitrogens with zero attached hydrogens (tertiary/aromatic N) is 2. The van der Waals surface area contributed by atoms with Gasteiger partial charge in [-0.15, -0.1) is 0 Å². The number of nitrogens with one attached hydrogen (secondary N) is 1. The van der Waals surface area contributed by atoms with Crippen molar-refractivity contribution in [2.45, 2.75) is 39.3 Å². The highest BCUT2D eigenvalue weighted by atomic mass is 32.2. The topological polar surface area (TPSA) is 101 Å². The number of anilines is 1. The molecule has 2 aromatic rings. The van der Waals surface area contributed by atoms with Crippen LogP contribution in [-0.4, -0.2) is 41.0 Å². The number of sulfonamides is 1. The number of hydrogen-bond acceptors (Lipinski definition) is 4. The monoisotopic (exact) mass is 421 g/mol. The lowest BCUT2D eigenvalue weighted by Gasteiger charge is -2.10. The Morgan fingerprint density at radius 2 is 1.79 bits per heavy atom. The van der Waals surface area contributed by atoms with Gasteiger partial charge >= 0.3 is 12.1 Å². The van der Waals surface area contributed by atoms with Crippen LogP contribution in [0.25, 0.3) is 5.69 Å². The molecule has 0 amide bonds. The molecule has 0 aliphatic rings. The summed E-state index contributed by atoms with van der Waals surface area (Å²) in [6.45, 7) is 4.02. The number of aryl methyl sites for hydroxylation is 1. The van der Waals surface area contributed by atoms with Gasteiger partial charge in [-0.25, -0.2) is 18.2 Å². The highest BCUT2D eigenvalue weighted by Crippen LogP contribution is 2.16. The van der Waals surface area contributed by atoms with Gasteiger partial charge in [0.1, 0.15) is 5.82 Å². The van der Waals surface area contributed by atoms with Crippen LogP contribution < -0.4 is 4.72 Å². The largest absolute Gasteiger partial charge is 0.490 e. The number of carboxylic acids is 1. The van der Waals surface area contributed by atoms with Crippen molar-refractivity contribution < 1.29 is 31.5 Å². The van der Waals surface area contributed by atoms with E-state index in [0.717, 1.165) is 24.4 Å². The van der Waals surface area contributed by atoms with Crippen LogP contribution in [0.1, 0.15) is 32.5 Å². The van der Waals surface area contributed by atoms with Crippen molar-refractivity contribution in [3.63, 3.8) is 0 Å². The van der Waals surface area contributed by atoms with Crippen molar-refractivity contribution in [2.75, 3.05) is 10.5 Å². The van der Waals surface area contributed by atoms with E-state index in [1.54, 1.807) is 18.3 Å². The highest BCUT2D eigenvalue weighted by molar-refractivity contribution is 7.92. The van der Waals surface area contributed by atoms with E-state index in [1.807, 2.05) is 29.8 Å². The van der Waals surface area contributed by atoms with Crippen LogP contribution in [0.3, 0.4) is 0 Å². The average Bonchev–Trinajstić information content (AvgIpc) is 3.09. The van der Waals surface area contributed by atoms with E-state index in [9.17, 15) is 21.6 Å². The van der Waals surface area contributed by atoms with Crippen LogP contribution in [0.5, 0.6) is 0 Å². The molecule has 0 aliphatic carbocycles. The van der Waals surface area contributed by atoms with Crippen LogP contribution in [0.15, 0.2) is 36.7 Å². The Hall–Kier alpha value is -2.56. The number of imidazole rings is 1. The molecule has 1 aromatic heterocycles. The summed E-state index contributed by atoms with van der Waals surface area (Å²) >= 11 is 0. The minimum atomic E-state index is -5.08. The Morgan fingerprint density at radius 3 is 2.25 bits per heavy atom. The predicted octanol–water partition coefficient (Wildman–Crippen LogP) is 3.61. The minimum Gasteiger partial charge on any atom is -0.475 e. The zero-order valence-corrected chi connectivity index (χ0v) is 16.2. The summed E-state index contributed by atoms with van der Waals surface area (Å²) in [4.78, 5) is 13.2. The maximum absolute atomic E-state index is 11.8. The maximum atomic E-state index is 11.8. The normalized spacial score (nSPS) is 11.5. The first-order valence-corrected chi connectivity index (χ1v) is 10.1. The van der Waals surface area contributed by atoms with E-state index >= 15 is 0 Å². The summed E-state index contributed by atoms with van der Waals surface area (Å²) in [6.07, 6.45) is 0.959. The van der Waals surface area contributed by atoms with Crippen molar-refractivity contribution >= 4 is 21.7 Å². The number of aromatic nitrogens is 2. The zero-order chi connectivity index (χ0) is 21.4. The summed E-state index contributed by atoms with van der Waals surface area (Å²) in [6, 6.07) is 7.33. The number of halogens is 3. The third-order valence-corrected chi connectivity index (χ3v) is 4.83. The second-order valence-corrected chi connectivity index (χ2v) is 7.53. The first kappa shape index (κ1) is 23.5. The Labute approximate surface area is 161 Å². The fourth-order valence-electron chi connectivity index (χ4n) is 2.09. The molecule has 0 bridgehead atoms. The van der Waals surface area contributed by atoms with E-state index in [-0.39, 0.29) is 5.75 Å². The summed E-state index contributed by atoms with van der Waals surface area (Å²) in [5.74, 6) is -1.62. The molecular weight excluding hydrogens is 399 g/mol. The number of aliphatic carboxylic acids is 1. The van der Waals surface area contributed by atoms with Crippen molar-refractivity contribution in [3.8, 4) is 5.69 Å². The molecule has 2 rings (SSSR count). The number of rotatable bonds is 7. The zero-order valence-electron chi connectivity index (χ0n) is 15.4. The lowest BCUT2D eigenvalue weighted by Crippen LogP contribution is -2.21. The molecule has 0 unspecified atom stereocenters. The van der Waals surface area contributed by atoms with Gasteiger partial charge in [0.05, 0.1) is 5.75 Å². The Morgan fingerprint density at radius 1 is 1.21 bits per heavy atom. The standard InChI is InChI=1S/C15H21N3O2S.C2HF3O2/c1-3-5-12-21(19,20)17-13-6-8-14(9-7-13)18-11-10-16-15(18)4-2;3-2(4,5)1(6)7/h6-11,17H,3-5,12H2,1-2H3;(H,6,7). The first-order valence-electron chi connectivity index (χ1n) is 8.43. The summed E-state index contributed by atoms with van der Waals surface area (Å²) < 4.78 is 60.0. The van der Waals surface area contributed by atoms with Crippen molar-refractivity contribution in [2.24, 2.45) is 0 Å². The van der Waals surface area contributed by atoms with Crippen molar-refractivity contribution in [1.29, 1.82) is 0 Å². The molecule has 11 heteroatoms. The van der Waals surface area contributed by atoms with Crippen LogP contribution >= 0.6 is 0 Å². The van der Waals surface area contributed by atoms with E-state index in [0.29, 0.717) is 12.1 Å². The molecule has 0 fully saturated rings. The van der Waals surface area contributed by atoms with Crippen molar-refractivity contribution in [1.82, 2.24) is 9.55 Å². The van der Waals surface area contributed by atoms with Gasteiger partial charge in [0.15, 0.2) is 0 Å². The van der Waals surface area contributed by atoms with Gasteiger partial charge in [0.2, 0.25) is 10.0 Å². The van der Waals surface area contributed by atoms with Gasteiger partial charge < -0.3 is 9.67 Å². The smallest absolute Gasteiger partial charge is 0.475 e. The number of alkyl halides is 3. The molecule has 28 heavy (non-hydrogen) atoms. The SMILES string of the molecule is CCCCS(=O)(=O)Nc1ccc(-n2ccnc2CC)cc1.O=C(O)C(F)(F)F. The van der Waals surface area contributed by atoms with Gasteiger partial charge in [-0.1, -0.05) is 20.3 Å². The molecule has 1 heterocycles. The second-order valence-electron chi connectivity index (χ2n) is 5.69. The molecule has 0 aliphatic heterocycles. The molecule has 156 valence electrons. The number of carboxylic acid groups (broad SMARTS) is 1. The maximum Gasteiger partial charge on any atom is 0.490 e. The summed E-state index contributed by atoms with van der Waals surface area (Å²) in [7, 11) is -3.25. The molecule has 0 saturated heterocycles. The third kappa shape index (κ3) is 7.59. The molecule has 0 saturated carbocycles. The lowest BCUT2D eigenvalue weighted by atomic mass is 10.3. The molecule has 0 radical (unpaired) electrons. The second kappa shape index (κ2) is 10.1. The Balaban J connectivity index is 0.000000480. The fourth-order valence-corrected chi connectivity index (χ4v) is 3.35. The molecule has 7 nitrogen and oxygen atoms in total. The first-order chi connectivity index (χ1) is 13.0. The van der Waals surface area contributed by atoms with Gasteiger partial charge in [0.25, 0.3) is 0 Å². The van der Waals surface area contributed by atoms with Crippen LogP contribution in [-0.2, 0) is 21.2 Å². The van der Waals surface area contributed by atoms with E-state index in [2.05, 4.69) is 16.6 Å². The average molecular weight is 421 g/mol. The van der Waals surface area contributed by atoms with Crippen LogP contribution in [0, 0.1) is 0 Å². The Kier molecular flexibility index (Phi) is 8.48. The molecule has 0 spiro atoms. The number of benzene rings is 1. The lowest BCUT2D eigenvalue weighted by molar-refractivity contribution is -0.192. The highest BCUT2D eigenvalue weighted by Gasteiger charge is 2.38. The number of carbonyl (C=O) groups is 1. The number of unbranched alkanes of at least 4 members (excludes halogenated alkanes) is 1. The van der Waals surface area contributed by atoms with Gasteiger partial charge in [0, 0.05) is 30.2 Å². The Bertz CT molecular complexity index is 863. The fraction of sp³-hybridized carbons (Fsp3) is 0.412.